The Morgan fingerprint density at radius 2 is 2.33 bits per heavy atom. The van der Waals surface area contributed by atoms with Crippen LogP contribution in [-0.2, 0) is 0 Å². The van der Waals surface area contributed by atoms with E-state index in [9.17, 15) is 4.79 Å². The Bertz CT molecular complexity index is 487. The molecule has 1 N–H and O–H groups in total. The Labute approximate surface area is 130 Å². The van der Waals surface area contributed by atoms with Crippen LogP contribution in [0.3, 0.4) is 0 Å². The van der Waals surface area contributed by atoms with Gasteiger partial charge in [-0.15, -0.1) is 0 Å². The fourth-order valence-electron chi connectivity index (χ4n) is 2.75. The van der Waals surface area contributed by atoms with Crippen LogP contribution >= 0.6 is 11.3 Å². The third kappa shape index (κ3) is 4.41. The van der Waals surface area contributed by atoms with Gasteiger partial charge in [0.15, 0.2) is 0 Å². The number of rotatable bonds is 6. The minimum atomic E-state index is -0.0318. The number of carbonyl (C=O) groups is 1. The van der Waals surface area contributed by atoms with Gasteiger partial charge in [-0.1, -0.05) is 25.2 Å². The third-order valence-electron chi connectivity index (χ3n) is 3.70. The summed E-state index contributed by atoms with van der Waals surface area (Å²) in [5.41, 5.74) is 0.738. The van der Waals surface area contributed by atoms with E-state index in [-0.39, 0.29) is 5.91 Å². The van der Waals surface area contributed by atoms with Gasteiger partial charge in [0.1, 0.15) is 4.88 Å². The van der Waals surface area contributed by atoms with Crippen LogP contribution in [0.1, 0.15) is 35.6 Å². The quantitative estimate of drug-likeness (QED) is 0.875. The van der Waals surface area contributed by atoms with Crippen molar-refractivity contribution in [1.29, 1.82) is 0 Å². The zero-order valence-electron chi connectivity index (χ0n) is 13.3. The number of aromatic nitrogens is 1. The molecule has 0 unspecified atom stereocenters. The SMILES string of the molecule is COc1nc(C)c(C(=O)NC[C@H]2CCN(CC(C)C)C2)s1. The average Bonchev–Trinajstić information content (AvgIpc) is 3.02. The van der Waals surface area contributed by atoms with Gasteiger partial charge in [0, 0.05) is 19.6 Å². The van der Waals surface area contributed by atoms with Gasteiger partial charge in [-0.05, 0) is 31.7 Å². The molecule has 0 aromatic carbocycles. The number of hydrogen-bond acceptors (Lipinski definition) is 5. The number of methoxy groups -OCH3 is 1. The largest absolute Gasteiger partial charge is 0.473 e. The second-order valence-electron chi connectivity index (χ2n) is 6.12. The van der Waals surface area contributed by atoms with Crippen molar-refractivity contribution >= 4 is 17.2 Å². The van der Waals surface area contributed by atoms with Crippen molar-refractivity contribution in [3.63, 3.8) is 0 Å². The lowest BCUT2D eigenvalue weighted by Crippen LogP contribution is -2.31. The summed E-state index contributed by atoms with van der Waals surface area (Å²) < 4.78 is 5.08. The molecule has 0 saturated carbocycles. The molecule has 1 aliphatic heterocycles. The molecule has 1 aromatic heterocycles. The first-order chi connectivity index (χ1) is 9.99. The molecule has 5 nitrogen and oxygen atoms in total. The molecule has 0 radical (unpaired) electrons. The molecule has 1 atom stereocenters. The van der Waals surface area contributed by atoms with E-state index < -0.39 is 0 Å². The summed E-state index contributed by atoms with van der Waals surface area (Å²) >= 11 is 1.30. The number of amides is 1. The van der Waals surface area contributed by atoms with Crippen molar-refractivity contribution in [3.05, 3.63) is 10.6 Å². The third-order valence-corrected chi connectivity index (χ3v) is 4.82. The van der Waals surface area contributed by atoms with Gasteiger partial charge >= 0.3 is 0 Å². The number of hydrogen-bond donors (Lipinski definition) is 1. The van der Waals surface area contributed by atoms with Crippen LogP contribution in [0.5, 0.6) is 5.19 Å². The van der Waals surface area contributed by atoms with Gasteiger partial charge in [-0.3, -0.25) is 4.79 Å². The van der Waals surface area contributed by atoms with Gasteiger partial charge in [0.2, 0.25) is 0 Å². The van der Waals surface area contributed by atoms with Crippen LogP contribution in [0.25, 0.3) is 0 Å². The summed E-state index contributed by atoms with van der Waals surface area (Å²) in [5.74, 6) is 1.23. The molecule has 0 spiro atoms. The predicted molar refractivity (Wildman–Crippen MR) is 85.1 cm³/mol. The zero-order chi connectivity index (χ0) is 15.4. The predicted octanol–water partition coefficient (Wildman–Crippen LogP) is 2.17. The molecule has 21 heavy (non-hydrogen) atoms. The van der Waals surface area contributed by atoms with E-state index in [2.05, 4.69) is 29.0 Å². The minimum Gasteiger partial charge on any atom is -0.473 e. The Kier molecular flexibility index (Phi) is 5.58. The van der Waals surface area contributed by atoms with Gasteiger partial charge in [0.05, 0.1) is 12.8 Å². The summed E-state index contributed by atoms with van der Waals surface area (Å²) in [5, 5.41) is 3.59. The van der Waals surface area contributed by atoms with E-state index >= 15 is 0 Å². The number of likely N-dealkylation sites (tertiary alicyclic amines) is 1. The molecule has 1 aliphatic rings. The standard InChI is InChI=1S/C15H25N3O2S/c1-10(2)8-18-6-5-12(9-18)7-16-14(19)13-11(3)17-15(20-4)21-13/h10,12H,5-9H2,1-4H3,(H,16,19)/t12-/m1/s1. The maximum atomic E-state index is 12.2. The van der Waals surface area contributed by atoms with E-state index in [1.807, 2.05) is 6.92 Å². The first-order valence-corrected chi connectivity index (χ1v) is 8.33. The highest BCUT2D eigenvalue weighted by atomic mass is 32.1. The summed E-state index contributed by atoms with van der Waals surface area (Å²) in [6, 6.07) is 0. The van der Waals surface area contributed by atoms with Crippen LogP contribution in [0.15, 0.2) is 0 Å². The topological polar surface area (TPSA) is 54.5 Å². The maximum Gasteiger partial charge on any atom is 0.273 e. The molecule has 1 saturated heterocycles. The summed E-state index contributed by atoms with van der Waals surface area (Å²) in [6.07, 6.45) is 1.16. The van der Waals surface area contributed by atoms with Crippen LogP contribution in [0.2, 0.25) is 0 Å². The van der Waals surface area contributed by atoms with E-state index in [1.165, 1.54) is 11.3 Å². The highest BCUT2D eigenvalue weighted by Crippen LogP contribution is 2.24. The van der Waals surface area contributed by atoms with Crippen LogP contribution < -0.4 is 10.1 Å². The second-order valence-corrected chi connectivity index (χ2v) is 7.08. The van der Waals surface area contributed by atoms with Crippen molar-refractivity contribution in [2.24, 2.45) is 11.8 Å². The molecule has 2 rings (SSSR count). The van der Waals surface area contributed by atoms with E-state index in [0.717, 1.165) is 38.3 Å². The minimum absolute atomic E-state index is 0.0318. The molecule has 0 aliphatic carbocycles. The molecule has 1 fully saturated rings. The lowest BCUT2D eigenvalue weighted by molar-refractivity contribution is 0.0950. The van der Waals surface area contributed by atoms with Gasteiger partial charge in [-0.25, -0.2) is 4.98 Å². The van der Waals surface area contributed by atoms with E-state index in [1.54, 1.807) is 7.11 Å². The normalized spacial score (nSPS) is 19.2. The van der Waals surface area contributed by atoms with Crippen LogP contribution in [-0.4, -0.2) is 49.1 Å². The zero-order valence-corrected chi connectivity index (χ0v) is 14.1. The van der Waals surface area contributed by atoms with E-state index in [4.69, 9.17) is 4.74 Å². The fraction of sp³-hybridized carbons (Fsp3) is 0.733. The Morgan fingerprint density at radius 3 is 2.95 bits per heavy atom. The second kappa shape index (κ2) is 7.22. The maximum absolute atomic E-state index is 12.2. The highest BCUT2D eigenvalue weighted by Gasteiger charge is 2.24. The Balaban J connectivity index is 1.80. The smallest absolute Gasteiger partial charge is 0.273 e. The average molecular weight is 311 g/mol. The summed E-state index contributed by atoms with van der Waals surface area (Å²) in [7, 11) is 1.57. The van der Waals surface area contributed by atoms with Crippen molar-refractivity contribution in [2.45, 2.75) is 27.2 Å². The molecule has 6 heteroatoms. The van der Waals surface area contributed by atoms with Crippen LogP contribution in [0, 0.1) is 18.8 Å². The van der Waals surface area contributed by atoms with Crippen molar-refractivity contribution in [1.82, 2.24) is 15.2 Å². The number of ether oxygens (including phenoxy) is 1. The lowest BCUT2D eigenvalue weighted by Gasteiger charge is -2.18. The first kappa shape index (κ1) is 16.2. The monoisotopic (exact) mass is 311 g/mol. The molecular weight excluding hydrogens is 286 g/mol. The van der Waals surface area contributed by atoms with Crippen molar-refractivity contribution in [3.8, 4) is 5.19 Å². The summed E-state index contributed by atoms with van der Waals surface area (Å²) in [6.45, 7) is 10.5. The highest BCUT2D eigenvalue weighted by molar-refractivity contribution is 7.15. The number of nitrogens with zero attached hydrogens (tertiary/aromatic N) is 2. The number of thiazole rings is 1. The number of aryl methyl sites for hydroxylation is 1. The lowest BCUT2D eigenvalue weighted by atomic mass is 10.1. The fourth-order valence-corrected chi connectivity index (χ4v) is 3.55. The van der Waals surface area contributed by atoms with Gasteiger partial charge in [-0.2, -0.15) is 0 Å². The van der Waals surface area contributed by atoms with Gasteiger partial charge < -0.3 is 15.0 Å². The molecule has 1 amide bonds. The summed E-state index contributed by atoms with van der Waals surface area (Å²) in [4.78, 5) is 19.5. The van der Waals surface area contributed by atoms with Gasteiger partial charge in [0.25, 0.3) is 11.1 Å². The molecule has 118 valence electrons. The molecule has 1 aromatic rings. The Morgan fingerprint density at radius 1 is 1.57 bits per heavy atom. The van der Waals surface area contributed by atoms with E-state index in [0.29, 0.717) is 21.9 Å². The Hall–Kier alpha value is -1.14. The van der Waals surface area contributed by atoms with Crippen molar-refractivity contribution in [2.75, 3.05) is 33.3 Å². The van der Waals surface area contributed by atoms with Crippen LogP contribution in [0.4, 0.5) is 0 Å². The van der Waals surface area contributed by atoms with Crippen molar-refractivity contribution < 1.29 is 9.53 Å². The first-order valence-electron chi connectivity index (χ1n) is 7.51. The molecule has 0 bridgehead atoms. The molecule has 2 heterocycles. The molecular formula is C15H25N3O2S. The number of nitrogens with one attached hydrogen (secondary N) is 1. The number of carbonyl (C=O) groups excluding carboxylic acids is 1.